The largest absolute Gasteiger partial charge is 0.508 e. The molecule has 1 amide bonds. The molecule has 2 heterocycles. The average molecular weight is 523 g/mol. The number of amides is 1. The van der Waals surface area contributed by atoms with Gasteiger partial charge in [-0.1, -0.05) is 27.2 Å². The van der Waals surface area contributed by atoms with Crippen LogP contribution in [0.15, 0.2) is 41.5 Å². The SMILES string of the molecule is CCCC(=N)CCN1N=C(C(N)=O)N(c2ccc(N3CCOCC3)cc2)C1c1cc(C(C)C)c(O)cc1O. The summed E-state index contributed by atoms with van der Waals surface area (Å²) in [6.45, 7) is 9.26. The first-order valence-corrected chi connectivity index (χ1v) is 13.2. The van der Waals surface area contributed by atoms with Crippen LogP contribution in [-0.4, -0.2) is 65.5 Å². The Hall–Kier alpha value is -3.79. The maximum Gasteiger partial charge on any atom is 0.286 e. The van der Waals surface area contributed by atoms with Crippen molar-refractivity contribution in [2.75, 3.05) is 42.6 Å². The van der Waals surface area contributed by atoms with Crippen LogP contribution in [0.5, 0.6) is 11.5 Å². The van der Waals surface area contributed by atoms with E-state index in [-0.39, 0.29) is 23.3 Å². The van der Waals surface area contributed by atoms with Gasteiger partial charge < -0.3 is 31.0 Å². The number of primary amides is 1. The molecule has 2 aromatic rings. The molecule has 38 heavy (non-hydrogen) atoms. The second kappa shape index (κ2) is 11.7. The molecule has 2 aliphatic rings. The second-order valence-electron chi connectivity index (χ2n) is 10.0. The normalized spacial score (nSPS) is 17.7. The molecular formula is C28H38N6O4. The summed E-state index contributed by atoms with van der Waals surface area (Å²) < 4.78 is 5.46. The minimum absolute atomic E-state index is 0.000259. The fourth-order valence-electron chi connectivity index (χ4n) is 4.98. The first-order valence-electron chi connectivity index (χ1n) is 13.2. The zero-order chi connectivity index (χ0) is 27.4. The number of amidine groups is 1. The first kappa shape index (κ1) is 27.3. The number of nitrogens with two attached hydrogens (primary N) is 1. The van der Waals surface area contributed by atoms with E-state index >= 15 is 0 Å². The number of anilines is 2. The molecule has 4 rings (SSSR count). The van der Waals surface area contributed by atoms with Gasteiger partial charge in [-0.15, -0.1) is 0 Å². The summed E-state index contributed by atoms with van der Waals surface area (Å²) in [7, 11) is 0. The molecule has 0 radical (unpaired) electrons. The minimum atomic E-state index is -0.695. The predicted octanol–water partition coefficient (Wildman–Crippen LogP) is 3.89. The van der Waals surface area contributed by atoms with Gasteiger partial charge in [0.15, 0.2) is 6.17 Å². The van der Waals surface area contributed by atoms with E-state index in [9.17, 15) is 15.0 Å². The highest BCUT2D eigenvalue weighted by Crippen LogP contribution is 2.43. The van der Waals surface area contributed by atoms with E-state index in [0.29, 0.717) is 55.1 Å². The van der Waals surface area contributed by atoms with Crippen molar-refractivity contribution in [2.24, 2.45) is 10.8 Å². The van der Waals surface area contributed by atoms with E-state index in [2.05, 4.69) is 10.0 Å². The number of aromatic hydroxyl groups is 2. The van der Waals surface area contributed by atoms with Crippen molar-refractivity contribution in [3.05, 3.63) is 47.5 Å². The van der Waals surface area contributed by atoms with Crippen molar-refractivity contribution in [3.63, 3.8) is 0 Å². The third-order valence-electron chi connectivity index (χ3n) is 6.97. The van der Waals surface area contributed by atoms with Crippen LogP contribution in [0.2, 0.25) is 0 Å². The van der Waals surface area contributed by atoms with Crippen LogP contribution in [0.3, 0.4) is 0 Å². The predicted molar refractivity (Wildman–Crippen MR) is 149 cm³/mol. The fraction of sp³-hybridized carbons (Fsp3) is 0.464. The number of phenolic OH excluding ortho intramolecular Hbond substituents is 2. The van der Waals surface area contributed by atoms with Gasteiger partial charge in [0.25, 0.3) is 5.91 Å². The van der Waals surface area contributed by atoms with Gasteiger partial charge in [0.1, 0.15) is 11.5 Å². The Labute approximate surface area is 223 Å². The van der Waals surface area contributed by atoms with Crippen molar-refractivity contribution in [3.8, 4) is 11.5 Å². The number of morpholine rings is 1. The number of nitrogens with zero attached hydrogens (tertiary/aromatic N) is 4. The average Bonchev–Trinajstić information content (AvgIpc) is 3.28. The fourth-order valence-corrected chi connectivity index (χ4v) is 4.98. The number of benzene rings is 2. The monoisotopic (exact) mass is 522 g/mol. The highest BCUT2D eigenvalue weighted by Gasteiger charge is 2.40. The van der Waals surface area contributed by atoms with Gasteiger partial charge >= 0.3 is 0 Å². The van der Waals surface area contributed by atoms with E-state index in [1.165, 1.54) is 6.07 Å². The molecule has 10 heteroatoms. The smallest absolute Gasteiger partial charge is 0.286 e. The summed E-state index contributed by atoms with van der Waals surface area (Å²) in [5.41, 5.74) is 9.30. The van der Waals surface area contributed by atoms with Gasteiger partial charge in [-0.05, 0) is 48.2 Å². The number of carbonyl (C=O) groups excluding carboxylic acids is 1. The van der Waals surface area contributed by atoms with Gasteiger partial charge in [-0.2, -0.15) is 5.10 Å². The highest BCUT2D eigenvalue weighted by molar-refractivity contribution is 6.43. The van der Waals surface area contributed by atoms with Gasteiger partial charge in [0, 0.05) is 54.8 Å². The first-order chi connectivity index (χ1) is 18.2. The van der Waals surface area contributed by atoms with Crippen molar-refractivity contribution >= 4 is 28.8 Å². The van der Waals surface area contributed by atoms with Gasteiger partial charge in [0.2, 0.25) is 5.84 Å². The molecule has 0 saturated carbocycles. The Morgan fingerprint density at radius 1 is 1.11 bits per heavy atom. The van der Waals surface area contributed by atoms with E-state index in [1.54, 1.807) is 16.0 Å². The van der Waals surface area contributed by atoms with Crippen molar-refractivity contribution in [1.29, 1.82) is 5.41 Å². The molecule has 2 aromatic carbocycles. The molecule has 204 valence electrons. The third-order valence-corrected chi connectivity index (χ3v) is 6.97. The lowest BCUT2D eigenvalue weighted by Gasteiger charge is -2.33. The van der Waals surface area contributed by atoms with Crippen LogP contribution in [0.25, 0.3) is 0 Å². The highest BCUT2D eigenvalue weighted by atomic mass is 16.5. The van der Waals surface area contributed by atoms with Gasteiger partial charge in [-0.25, -0.2) is 0 Å². The molecule has 0 bridgehead atoms. The van der Waals surface area contributed by atoms with Crippen LogP contribution < -0.4 is 15.5 Å². The summed E-state index contributed by atoms with van der Waals surface area (Å²) in [5, 5.41) is 36.0. The Morgan fingerprint density at radius 2 is 1.76 bits per heavy atom. The summed E-state index contributed by atoms with van der Waals surface area (Å²) in [6.07, 6.45) is 1.31. The standard InChI is InChI=1S/C28H38N6O4/c1-4-5-19(29)10-11-33-28(23-16-22(18(2)3)24(35)17-25(23)36)34(27(31-33)26(30)37)21-8-6-20(7-9-21)32-12-14-38-15-13-32/h6-9,16-18,28-29,35-36H,4-5,10-15H2,1-3H3,(H2,30,37). The van der Waals surface area contributed by atoms with Crippen LogP contribution in [0.1, 0.15) is 63.2 Å². The number of carbonyl (C=O) groups is 1. The molecule has 0 aromatic heterocycles. The molecule has 10 nitrogen and oxygen atoms in total. The van der Waals surface area contributed by atoms with E-state index < -0.39 is 12.1 Å². The lowest BCUT2D eigenvalue weighted by molar-refractivity contribution is -0.112. The molecule has 1 fully saturated rings. The van der Waals surface area contributed by atoms with E-state index in [4.69, 9.17) is 15.9 Å². The lowest BCUT2D eigenvalue weighted by Crippen LogP contribution is -2.41. The molecule has 2 aliphatic heterocycles. The number of hydrogen-bond acceptors (Lipinski definition) is 9. The van der Waals surface area contributed by atoms with Crippen molar-refractivity contribution in [1.82, 2.24) is 5.01 Å². The zero-order valence-electron chi connectivity index (χ0n) is 22.4. The minimum Gasteiger partial charge on any atom is -0.508 e. The van der Waals surface area contributed by atoms with Gasteiger partial charge in [0.05, 0.1) is 13.2 Å². The molecule has 0 spiro atoms. The summed E-state index contributed by atoms with van der Waals surface area (Å²) >= 11 is 0. The quantitative estimate of drug-likeness (QED) is 0.347. The number of phenols is 2. The Balaban J connectivity index is 1.77. The number of hydrazone groups is 1. The summed E-state index contributed by atoms with van der Waals surface area (Å²) in [6, 6.07) is 10.9. The number of nitrogens with one attached hydrogen (secondary N) is 1. The Kier molecular flexibility index (Phi) is 8.41. The lowest BCUT2D eigenvalue weighted by atomic mass is 9.97. The summed E-state index contributed by atoms with van der Waals surface area (Å²) in [5.74, 6) is -0.746. The summed E-state index contributed by atoms with van der Waals surface area (Å²) in [4.78, 5) is 16.6. The Morgan fingerprint density at radius 3 is 2.37 bits per heavy atom. The number of rotatable bonds is 10. The maximum atomic E-state index is 12.6. The molecule has 1 atom stereocenters. The van der Waals surface area contributed by atoms with E-state index in [1.807, 2.05) is 45.0 Å². The van der Waals surface area contributed by atoms with E-state index in [0.717, 1.165) is 25.2 Å². The number of ether oxygens (including phenoxy) is 1. The van der Waals surface area contributed by atoms with Crippen LogP contribution >= 0.6 is 0 Å². The van der Waals surface area contributed by atoms with Crippen LogP contribution in [-0.2, 0) is 9.53 Å². The molecule has 5 N–H and O–H groups in total. The molecular weight excluding hydrogens is 484 g/mol. The Bertz CT molecular complexity index is 1190. The van der Waals surface area contributed by atoms with Crippen molar-refractivity contribution < 1.29 is 19.7 Å². The maximum absolute atomic E-state index is 12.6. The molecule has 1 saturated heterocycles. The van der Waals surface area contributed by atoms with Gasteiger partial charge in [-0.3, -0.25) is 14.7 Å². The topological polar surface area (TPSA) is 139 Å². The molecule has 0 aliphatic carbocycles. The van der Waals surface area contributed by atoms with Crippen LogP contribution in [0, 0.1) is 5.41 Å². The van der Waals surface area contributed by atoms with Crippen molar-refractivity contribution in [2.45, 2.75) is 52.1 Å². The number of hydrogen-bond donors (Lipinski definition) is 4. The molecule has 1 unspecified atom stereocenters. The second-order valence-corrected chi connectivity index (χ2v) is 10.0. The third kappa shape index (κ3) is 5.70. The zero-order valence-corrected chi connectivity index (χ0v) is 22.4. The van der Waals surface area contributed by atoms with Crippen LogP contribution in [0.4, 0.5) is 11.4 Å².